The molecule has 0 aliphatic rings. The van der Waals surface area contributed by atoms with Gasteiger partial charge < -0.3 is 21.1 Å². The van der Waals surface area contributed by atoms with Crippen molar-refractivity contribution in [2.24, 2.45) is 5.92 Å². The molecule has 1 aromatic rings. The van der Waals surface area contributed by atoms with Crippen molar-refractivity contribution in [2.45, 2.75) is 26.4 Å². The number of urea groups is 1. The van der Waals surface area contributed by atoms with Crippen LogP contribution >= 0.6 is 0 Å². The van der Waals surface area contributed by atoms with E-state index in [0.29, 0.717) is 6.54 Å². The third-order valence-electron chi connectivity index (χ3n) is 2.95. The fraction of sp³-hybridized carbons (Fsp3) is 0.400. The summed E-state index contributed by atoms with van der Waals surface area (Å²) in [6.07, 6.45) is 0. The number of carboxylic acids is 1. The fourth-order valence-electron chi connectivity index (χ4n) is 1.78. The van der Waals surface area contributed by atoms with E-state index in [9.17, 15) is 14.4 Å². The lowest BCUT2D eigenvalue weighted by molar-refractivity contribution is -0.138. The average Bonchev–Trinajstić information content (AvgIpc) is 2.49. The quantitative estimate of drug-likeness (QED) is 0.595. The van der Waals surface area contributed by atoms with E-state index in [1.54, 1.807) is 13.8 Å². The van der Waals surface area contributed by atoms with Crippen molar-refractivity contribution in [3.63, 3.8) is 0 Å². The first kappa shape index (κ1) is 17.5. The van der Waals surface area contributed by atoms with Gasteiger partial charge in [0.1, 0.15) is 12.6 Å². The smallest absolute Gasteiger partial charge is 0.322 e. The number of rotatable bonds is 7. The average molecular weight is 307 g/mol. The molecule has 1 rings (SSSR count). The van der Waals surface area contributed by atoms with E-state index in [2.05, 4.69) is 16.0 Å². The minimum Gasteiger partial charge on any atom is -0.480 e. The summed E-state index contributed by atoms with van der Waals surface area (Å²) in [5.74, 6) is -1.83. The second-order valence-electron chi connectivity index (χ2n) is 5.15. The minimum absolute atomic E-state index is 0.170. The second-order valence-corrected chi connectivity index (χ2v) is 5.15. The number of nitrogens with one attached hydrogen (secondary N) is 3. The largest absolute Gasteiger partial charge is 0.480 e. The van der Waals surface area contributed by atoms with Gasteiger partial charge in [0.2, 0.25) is 5.91 Å². The summed E-state index contributed by atoms with van der Waals surface area (Å²) in [4.78, 5) is 34.2. The fourth-order valence-corrected chi connectivity index (χ4v) is 1.78. The van der Waals surface area contributed by atoms with Crippen molar-refractivity contribution < 1.29 is 19.5 Å². The summed E-state index contributed by atoms with van der Waals surface area (Å²) in [6, 6.07) is 8.09. The van der Waals surface area contributed by atoms with E-state index < -0.39 is 30.5 Å². The monoisotopic (exact) mass is 307 g/mol. The van der Waals surface area contributed by atoms with Gasteiger partial charge in [0.25, 0.3) is 0 Å². The number of carboxylic acid groups (broad SMARTS) is 1. The van der Waals surface area contributed by atoms with Gasteiger partial charge in [-0.3, -0.25) is 9.59 Å². The summed E-state index contributed by atoms with van der Waals surface area (Å²) in [7, 11) is 0. The lowest BCUT2D eigenvalue weighted by Gasteiger charge is -2.21. The van der Waals surface area contributed by atoms with E-state index in [-0.39, 0.29) is 5.92 Å². The molecule has 0 saturated heterocycles. The standard InChI is InChI=1S/C15H21N3O4/c1-10(2)13(14(21)16-9-12(19)20)18-15(22)17-8-11-6-4-3-5-7-11/h3-7,10,13H,8-9H2,1-2H3,(H,16,21)(H,19,20)(H2,17,18,22). The zero-order chi connectivity index (χ0) is 16.5. The molecule has 7 nitrogen and oxygen atoms in total. The Labute approximate surface area is 129 Å². The number of carbonyl (C=O) groups excluding carboxylic acids is 2. The van der Waals surface area contributed by atoms with E-state index in [1.165, 1.54) is 0 Å². The van der Waals surface area contributed by atoms with Crippen LogP contribution in [-0.2, 0) is 16.1 Å². The van der Waals surface area contributed by atoms with Crippen molar-refractivity contribution >= 4 is 17.9 Å². The summed E-state index contributed by atoms with van der Waals surface area (Å²) in [5.41, 5.74) is 0.939. The Morgan fingerprint density at radius 1 is 1.09 bits per heavy atom. The van der Waals surface area contributed by atoms with Crippen LogP contribution < -0.4 is 16.0 Å². The topological polar surface area (TPSA) is 108 Å². The van der Waals surface area contributed by atoms with Gasteiger partial charge in [0, 0.05) is 6.54 Å². The molecule has 120 valence electrons. The van der Waals surface area contributed by atoms with Gasteiger partial charge in [0.05, 0.1) is 0 Å². The third-order valence-corrected chi connectivity index (χ3v) is 2.95. The highest BCUT2D eigenvalue weighted by atomic mass is 16.4. The molecular weight excluding hydrogens is 286 g/mol. The molecule has 3 amide bonds. The molecule has 22 heavy (non-hydrogen) atoms. The Bertz CT molecular complexity index is 517. The van der Waals surface area contributed by atoms with E-state index >= 15 is 0 Å². The minimum atomic E-state index is -1.13. The number of benzene rings is 1. The zero-order valence-electron chi connectivity index (χ0n) is 12.6. The third kappa shape index (κ3) is 6.25. The molecule has 0 radical (unpaired) electrons. The van der Waals surface area contributed by atoms with Crippen molar-refractivity contribution in [1.29, 1.82) is 0 Å². The maximum atomic E-state index is 11.9. The van der Waals surface area contributed by atoms with E-state index in [0.717, 1.165) is 5.56 Å². The molecule has 0 heterocycles. The first-order chi connectivity index (χ1) is 10.4. The van der Waals surface area contributed by atoms with Gasteiger partial charge in [-0.1, -0.05) is 44.2 Å². The van der Waals surface area contributed by atoms with Crippen LogP contribution in [0.5, 0.6) is 0 Å². The van der Waals surface area contributed by atoms with Gasteiger partial charge >= 0.3 is 12.0 Å². The highest BCUT2D eigenvalue weighted by molar-refractivity contribution is 5.89. The normalized spacial score (nSPS) is 11.6. The van der Waals surface area contributed by atoms with Crippen LogP contribution in [0.4, 0.5) is 4.79 Å². The molecule has 0 bridgehead atoms. The Morgan fingerprint density at radius 2 is 1.73 bits per heavy atom. The van der Waals surface area contributed by atoms with Gasteiger partial charge in [0.15, 0.2) is 0 Å². The molecule has 1 unspecified atom stereocenters. The van der Waals surface area contributed by atoms with Crippen molar-refractivity contribution in [3.8, 4) is 0 Å². The highest BCUT2D eigenvalue weighted by Crippen LogP contribution is 2.02. The van der Waals surface area contributed by atoms with Crippen LogP contribution in [0, 0.1) is 5.92 Å². The van der Waals surface area contributed by atoms with Crippen molar-refractivity contribution in [3.05, 3.63) is 35.9 Å². The molecule has 1 aromatic carbocycles. The van der Waals surface area contributed by atoms with Crippen LogP contribution in [0.25, 0.3) is 0 Å². The Morgan fingerprint density at radius 3 is 2.27 bits per heavy atom. The molecule has 1 atom stereocenters. The second kappa shape index (κ2) is 8.66. The Hall–Kier alpha value is -2.57. The number of aliphatic carboxylic acids is 1. The molecule has 0 spiro atoms. The molecular formula is C15H21N3O4. The molecule has 4 N–H and O–H groups in total. The summed E-state index contributed by atoms with van der Waals surface area (Å²) < 4.78 is 0. The summed E-state index contributed by atoms with van der Waals surface area (Å²) >= 11 is 0. The van der Waals surface area contributed by atoms with Gasteiger partial charge in [-0.2, -0.15) is 0 Å². The molecule has 7 heteroatoms. The molecule has 0 saturated carbocycles. The SMILES string of the molecule is CC(C)C(NC(=O)NCc1ccccc1)C(=O)NCC(=O)O. The van der Waals surface area contributed by atoms with Crippen LogP contribution in [0.15, 0.2) is 30.3 Å². The zero-order valence-corrected chi connectivity index (χ0v) is 12.6. The van der Waals surface area contributed by atoms with Crippen molar-refractivity contribution in [2.75, 3.05) is 6.54 Å². The van der Waals surface area contributed by atoms with Crippen LogP contribution in [0.2, 0.25) is 0 Å². The van der Waals surface area contributed by atoms with Crippen LogP contribution in [-0.4, -0.2) is 35.6 Å². The number of amides is 3. The summed E-state index contributed by atoms with van der Waals surface area (Å²) in [5, 5.41) is 16.0. The molecule has 0 aliphatic heterocycles. The number of hydrogen-bond donors (Lipinski definition) is 4. The maximum Gasteiger partial charge on any atom is 0.322 e. The van der Waals surface area contributed by atoms with Crippen LogP contribution in [0.3, 0.4) is 0 Å². The van der Waals surface area contributed by atoms with Crippen molar-refractivity contribution in [1.82, 2.24) is 16.0 Å². The van der Waals surface area contributed by atoms with E-state index in [1.807, 2.05) is 30.3 Å². The first-order valence-electron chi connectivity index (χ1n) is 6.98. The predicted octanol–water partition coefficient (Wildman–Crippen LogP) is 0.711. The van der Waals surface area contributed by atoms with Crippen LogP contribution in [0.1, 0.15) is 19.4 Å². The summed E-state index contributed by atoms with van der Waals surface area (Å²) in [6.45, 7) is 3.40. The molecule has 0 aliphatic carbocycles. The van der Waals surface area contributed by atoms with Gasteiger partial charge in [-0.25, -0.2) is 4.79 Å². The Balaban J connectivity index is 2.50. The van der Waals surface area contributed by atoms with Gasteiger partial charge in [-0.15, -0.1) is 0 Å². The van der Waals surface area contributed by atoms with Gasteiger partial charge in [-0.05, 0) is 11.5 Å². The predicted molar refractivity (Wildman–Crippen MR) is 81.1 cm³/mol. The number of hydrogen-bond acceptors (Lipinski definition) is 3. The Kier molecular flexibility index (Phi) is 6.88. The molecule has 0 aromatic heterocycles. The van der Waals surface area contributed by atoms with E-state index in [4.69, 9.17) is 5.11 Å². The molecule has 0 fully saturated rings. The lowest BCUT2D eigenvalue weighted by atomic mass is 10.0. The number of carbonyl (C=O) groups is 3. The highest BCUT2D eigenvalue weighted by Gasteiger charge is 2.24. The lowest BCUT2D eigenvalue weighted by Crippen LogP contribution is -2.53. The maximum absolute atomic E-state index is 11.9. The first-order valence-corrected chi connectivity index (χ1v) is 6.98.